The molecule has 1 aromatic carbocycles. The number of nitriles is 1. The van der Waals surface area contributed by atoms with Crippen molar-refractivity contribution in [2.75, 3.05) is 0 Å². The number of ether oxygens (including phenoxy) is 3. The Morgan fingerprint density at radius 1 is 0.613 bits per heavy atom. The summed E-state index contributed by atoms with van der Waals surface area (Å²) in [6.07, 6.45) is 0. The van der Waals surface area contributed by atoms with Gasteiger partial charge in [-0.05, 0) is 32.0 Å². The lowest BCUT2D eigenvalue weighted by Crippen LogP contribution is -1.95. The van der Waals surface area contributed by atoms with Crippen LogP contribution in [-0.4, -0.2) is 15.0 Å². The summed E-state index contributed by atoms with van der Waals surface area (Å²) in [5.41, 5.74) is 1.93. The molecule has 0 fully saturated rings. The van der Waals surface area contributed by atoms with Gasteiger partial charge in [-0.25, -0.2) is 15.0 Å². The Morgan fingerprint density at radius 3 is 1.45 bits per heavy atom. The maximum absolute atomic E-state index is 9.07. The van der Waals surface area contributed by atoms with E-state index in [1.807, 2.05) is 44.2 Å². The zero-order chi connectivity index (χ0) is 21.6. The number of rotatable bonds is 6. The van der Waals surface area contributed by atoms with Crippen LogP contribution in [0.15, 0.2) is 72.8 Å². The van der Waals surface area contributed by atoms with Crippen LogP contribution in [0.4, 0.5) is 0 Å². The lowest BCUT2D eigenvalue weighted by molar-refractivity contribution is 0.422. The van der Waals surface area contributed by atoms with Crippen molar-refractivity contribution in [2.45, 2.75) is 13.8 Å². The van der Waals surface area contributed by atoms with Crippen molar-refractivity contribution in [1.29, 1.82) is 5.26 Å². The highest BCUT2D eigenvalue weighted by Gasteiger charge is 2.10. The van der Waals surface area contributed by atoms with Crippen molar-refractivity contribution in [2.24, 2.45) is 0 Å². The zero-order valence-corrected chi connectivity index (χ0v) is 16.9. The van der Waals surface area contributed by atoms with Gasteiger partial charge in [-0.3, -0.25) is 0 Å². The molecule has 0 atom stereocenters. The number of aromatic nitrogens is 3. The second-order valence-electron chi connectivity index (χ2n) is 6.65. The molecule has 7 nitrogen and oxygen atoms in total. The SMILES string of the molecule is Cc1cccc(Oc2cc(Oc3cccc(C)n3)cc(Oc3cccc(C#N)n3)c2)n1. The third-order valence-electron chi connectivity index (χ3n) is 4.08. The predicted molar refractivity (Wildman–Crippen MR) is 114 cm³/mol. The molecule has 152 valence electrons. The van der Waals surface area contributed by atoms with Crippen molar-refractivity contribution in [3.63, 3.8) is 0 Å². The van der Waals surface area contributed by atoms with Gasteiger partial charge in [0, 0.05) is 47.8 Å². The second-order valence-corrected chi connectivity index (χ2v) is 6.65. The molecule has 0 radical (unpaired) electrons. The number of benzene rings is 1. The van der Waals surface area contributed by atoms with Gasteiger partial charge in [-0.1, -0.05) is 18.2 Å². The van der Waals surface area contributed by atoms with Crippen molar-refractivity contribution < 1.29 is 14.2 Å². The number of hydrogen-bond donors (Lipinski definition) is 0. The molecular weight excluding hydrogens is 392 g/mol. The molecule has 4 aromatic rings. The molecule has 4 rings (SSSR count). The van der Waals surface area contributed by atoms with Crippen LogP contribution in [0.2, 0.25) is 0 Å². The Labute approximate surface area is 179 Å². The van der Waals surface area contributed by atoms with Crippen LogP contribution < -0.4 is 14.2 Å². The van der Waals surface area contributed by atoms with E-state index >= 15 is 0 Å². The summed E-state index contributed by atoms with van der Waals surface area (Å²) in [4.78, 5) is 12.9. The number of pyridine rings is 3. The fourth-order valence-corrected chi connectivity index (χ4v) is 2.77. The lowest BCUT2D eigenvalue weighted by Gasteiger charge is -2.12. The standard InChI is InChI=1S/C24H18N4O3/c1-16-6-3-9-22(26-16)29-19-12-20(30-23-10-4-7-17(2)27-23)14-21(13-19)31-24-11-5-8-18(15-25)28-24/h3-14H,1-2H3. The molecule has 0 spiro atoms. The fraction of sp³-hybridized carbons (Fsp3) is 0.0833. The van der Waals surface area contributed by atoms with Crippen LogP contribution in [0.25, 0.3) is 0 Å². The summed E-state index contributed by atoms with van der Waals surface area (Å²) in [5, 5.41) is 9.07. The molecule has 0 saturated carbocycles. The summed E-state index contributed by atoms with van der Waals surface area (Å²) in [6.45, 7) is 3.77. The molecule has 0 bridgehead atoms. The topological polar surface area (TPSA) is 90.2 Å². The van der Waals surface area contributed by atoms with Gasteiger partial charge in [-0.15, -0.1) is 0 Å². The first-order chi connectivity index (χ1) is 15.1. The molecule has 0 unspecified atom stereocenters. The zero-order valence-electron chi connectivity index (χ0n) is 16.9. The molecular formula is C24H18N4O3. The van der Waals surface area contributed by atoms with E-state index in [0.717, 1.165) is 11.4 Å². The van der Waals surface area contributed by atoms with E-state index in [1.54, 1.807) is 48.5 Å². The second kappa shape index (κ2) is 8.93. The minimum atomic E-state index is 0.259. The Bertz CT molecular complexity index is 1200. The Morgan fingerprint density at radius 2 is 1.03 bits per heavy atom. The van der Waals surface area contributed by atoms with Gasteiger partial charge < -0.3 is 14.2 Å². The molecule has 31 heavy (non-hydrogen) atoms. The third kappa shape index (κ3) is 5.34. The van der Waals surface area contributed by atoms with Gasteiger partial charge in [0.25, 0.3) is 0 Å². The number of aryl methyl sites for hydroxylation is 2. The monoisotopic (exact) mass is 410 g/mol. The molecule has 0 aliphatic carbocycles. The van der Waals surface area contributed by atoms with Gasteiger partial charge in [0.1, 0.15) is 29.0 Å². The highest BCUT2D eigenvalue weighted by molar-refractivity contribution is 5.46. The molecule has 0 aliphatic rings. The first kappa shape index (κ1) is 19.9. The van der Waals surface area contributed by atoms with Crippen molar-refractivity contribution in [3.8, 4) is 41.0 Å². The van der Waals surface area contributed by atoms with Crippen molar-refractivity contribution >= 4 is 0 Å². The number of nitrogens with zero attached hydrogens (tertiary/aromatic N) is 4. The fourth-order valence-electron chi connectivity index (χ4n) is 2.77. The Kier molecular flexibility index (Phi) is 5.72. The smallest absolute Gasteiger partial charge is 0.220 e. The van der Waals surface area contributed by atoms with Crippen LogP contribution in [0.1, 0.15) is 17.1 Å². The molecule has 0 aliphatic heterocycles. The van der Waals surface area contributed by atoms with Gasteiger partial charge in [-0.2, -0.15) is 5.26 Å². The summed E-state index contributed by atoms with van der Waals surface area (Å²) in [5.74, 6) is 2.53. The summed E-state index contributed by atoms with van der Waals surface area (Å²) < 4.78 is 17.7. The highest BCUT2D eigenvalue weighted by Crippen LogP contribution is 2.34. The molecule has 7 heteroatoms. The highest BCUT2D eigenvalue weighted by atomic mass is 16.5. The summed E-state index contributed by atoms with van der Waals surface area (Å²) in [7, 11) is 0. The molecule has 3 heterocycles. The maximum Gasteiger partial charge on any atom is 0.220 e. The number of hydrogen-bond acceptors (Lipinski definition) is 7. The molecule has 0 saturated heterocycles. The van der Waals surface area contributed by atoms with Crippen LogP contribution in [-0.2, 0) is 0 Å². The lowest BCUT2D eigenvalue weighted by atomic mass is 10.3. The molecule has 0 N–H and O–H groups in total. The largest absolute Gasteiger partial charge is 0.439 e. The maximum atomic E-state index is 9.07. The minimum Gasteiger partial charge on any atom is -0.439 e. The van der Waals surface area contributed by atoms with E-state index in [2.05, 4.69) is 15.0 Å². The van der Waals surface area contributed by atoms with Crippen LogP contribution in [0, 0.1) is 25.2 Å². The van der Waals surface area contributed by atoms with Crippen LogP contribution in [0.3, 0.4) is 0 Å². The normalized spacial score (nSPS) is 10.2. The van der Waals surface area contributed by atoms with E-state index in [-0.39, 0.29) is 11.6 Å². The Balaban J connectivity index is 1.67. The van der Waals surface area contributed by atoms with E-state index < -0.39 is 0 Å². The molecule has 3 aromatic heterocycles. The van der Waals surface area contributed by atoms with Crippen molar-refractivity contribution in [1.82, 2.24) is 15.0 Å². The quantitative estimate of drug-likeness (QED) is 0.400. The Hall–Kier alpha value is -4.44. The summed E-state index contributed by atoms with van der Waals surface area (Å²) in [6, 6.07) is 23.1. The van der Waals surface area contributed by atoms with Crippen molar-refractivity contribution in [3.05, 3.63) is 89.9 Å². The van der Waals surface area contributed by atoms with Gasteiger partial charge >= 0.3 is 0 Å². The first-order valence-electron chi connectivity index (χ1n) is 9.50. The predicted octanol–water partition coefficient (Wildman–Crippen LogP) is 5.74. The van der Waals surface area contributed by atoms with Crippen LogP contribution in [0.5, 0.6) is 34.9 Å². The van der Waals surface area contributed by atoms with E-state index in [4.69, 9.17) is 19.5 Å². The molecule has 0 amide bonds. The van der Waals surface area contributed by atoms with E-state index in [0.29, 0.717) is 29.0 Å². The van der Waals surface area contributed by atoms with Crippen LogP contribution >= 0.6 is 0 Å². The van der Waals surface area contributed by atoms with E-state index in [9.17, 15) is 0 Å². The van der Waals surface area contributed by atoms with Gasteiger partial charge in [0.15, 0.2) is 0 Å². The average Bonchev–Trinajstić information content (AvgIpc) is 2.74. The summed E-state index contributed by atoms with van der Waals surface area (Å²) >= 11 is 0. The average molecular weight is 410 g/mol. The minimum absolute atomic E-state index is 0.259. The van der Waals surface area contributed by atoms with Gasteiger partial charge in [0.2, 0.25) is 17.6 Å². The van der Waals surface area contributed by atoms with Gasteiger partial charge in [0.05, 0.1) is 0 Å². The van der Waals surface area contributed by atoms with E-state index in [1.165, 1.54) is 0 Å². The first-order valence-corrected chi connectivity index (χ1v) is 9.50. The third-order valence-corrected chi connectivity index (χ3v) is 4.08.